The SMILES string of the molecule is CC1(C)CC(C(NN)c2cccs2)C(C)(C)O1. The Balaban J connectivity index is 2.26. The molecule has 2 atom stereocenters. The van der Waals surface area contributed by atoms with Gasteiger partial charge in [0, 0.05) is 10.8 Å². The molecule has 1 aliphatic rings. The molecule has 17 heavy (non-hydrogen) atoms. The van der Waals surface area contributed by atoms with Crippen molar-refractivity contribution in [2.75, 3.05) is 0 Å². The average molecular weight is 254 g/mol. The minimum absolute atomic E-state index is 0.0689. The average Bonchev–Trinajstić information content (AvgIpc) is 2.74. The first-order valence-corrected chi connectivity index (χ1v) is 6.93. The summed E-state index contributed by atoms with van der Waals surface area (Å²) in [5, 5.41) is 2.09. The van der Waals surface area contributed by atoms with Crippen molar-refractivity contribution in [3.8, 4) is 0 Å². The molecule has 3 nitrogen and oxygen atoms in total. The van der Waals surface area contributed by atoms with E-state index < -0.39 is 0 Å². The molecular formula is C13H22N2OS. The second-order valence-corrected chi connectivity index (χ2v) is 6.91. The molecule has 96 valence electrons. The Morgan fingerprint density at radius 2 is 2.18 bits per heavy atom. The number of hydrogen-bond donors (Lipinski definition) is 2. The van der Waals surface area contributed by atoms with Crippen LogP contribution in [0.4, 0.5) is 0 Å². The van der Waals surface area contributed by atoms with E-state index in [-0.39, 0.29) is 17.2 Å². The van der Waals surface area contributed by atoms with Crippen LogP contribution in [-0.4, -0.2) is 11.2 Å². The normalized spacial score (nSPS) is 28.2. The smallest absolute Gasteiger partial charge is 0.0681 e. The Bertz CT molecular complexity index is 373. The molecule has 0 aliphatic carbocycles. The predicted octanol–water partition coefficient (Wildman–Crippen LogP) is 2.85. The van der Waals surface area contributed by atoms with Gasteiger partial charge in [-0.25, -0.2) is 0 Å². The number of ether oxygens (including phenoxy) is 1. The maximum atomic E-state index is 6.14. The van der Waals surface area contributed by atoms with Crippen LogP contribution < -0.4 is 11.3 Å². The summed E-state index contributed by atoms with van der Waals surface area (Å²) in [6.45, 7) is 8.61. The summed E-state index contributed by atoms with van der Waals surface area (Å²) in [5.74, 6) is 6.14. The van der Waals surface area contributed by atoms with Gasteiger partial charge in [-0.3, -0.25) is 11.3 Å². The summed E-state index contributed by atoms with van der Waals surface area (Å²) >= 11 is 1.75. The fraction of sp³-hybridized carbons (Fsp3) is 0.692. The van der Waals surface area contributed by atoms with E-state index in [2.05, 4.69) is 50.6 Å². The molecular weight excluding hydrogens is 232 g/mol. The fourth-order valence-electron chi connectivity index (χ4n) is 2.99. The van der Waals surface area contributed by atoms with E-state index in [1.54, 1.807) is 11.3 Å². The first-order chi connectivity index (χ1) is 7.86. The second kappa shape index (κ2) is 4.35. The third kappa shape index (κ3) is 2.55. The van der Waals surface area contributed by atoms with Gasteiger partial charge in [0.2, 0.25) is 0 Å². The monoisotopic (exact) mass is 254 g/mol. The van der Waals surface area contributed by atoms with E-state index in [1.165, 1.54) is 4.88 Å². The van der Waals surface area contributed by atoms with Crippen LogP contribution in [0.2, 0.25) is 0 Å². The number of hydrazine groups is 1. The van der Waals surface area contributed by atoms with Crippen molar-refractivity contribution in [3.05, 3.63) is 22.4 Å². The molecule has 1 aromatic rings. The summed E-state index contributed by atoms with van der Waals surface area (Å²) in [4.78, 5) is 1.28. The highest BCUT2D eigenvalue weighted by Gasteiger charge is 2.49. The molecule has 0 saturated carbocycles. The molecule has 1 aliphatic heterocycles. The molecule has 1 fully saturated rings. The number of nitrogens with one attached hydrogen (secondary N) is 1. The van der Waals surface area contributed by atoms with Gasteiger partial charge in [-0.15, -0.1) is 11.3 Å². The first kappa shape index (κ1) is 13.0. The van der Waals surface area contributed by atoms with Gasteiger partial charge >= 0.3 is 0 Å². The maximum absolute atomic E-state index is 6.14. The van der Waals surface area contributed by atoms with Gasteiger partial charge < -0.3 is 4.74 Å². The van der Waals surface area contributed by atoms with Crippen LogP contribution in [-0.2, 0) is 4.74 Å². The van der Waals surface area contributed by atoms with Gasteiger partial charge in [0.25, 0.3) is 0 Å². The van der Waals surface area contributed by atoms with Crippen molar-refractivity contribution in [3.63, 3.8) is 0 Å². The quantitative estimate of drug-likeness (QED) is 0.644. The molecule has 1 saturated heterocycles. The van der Waals surface area contributed by atoms with Gasteiger partial charge in [0.1, 0.15) is 0 Å². The second-order valence-electron chi connectivity index (χ2n) is 5.94. The molecule has 0 amide bonds. The largest absolute Gasteiger partial charge is 0.369 e. The van der Waals surface area contributed by atoms with Crippen molar-refractivity contribution < 1.29 is 4.74 Å². The molecule has 1 aromatic heterocycles. The molecule has 2 heterocycles. The van der Waals surface area contributed by atoms with E-state index in [4.69, 9.17) is 10.6 Å². The Labute approximate surface area is 107 Å². The van der Waals surface area contributed by atoms with Crippen LogP contribution in [0.15, 0.2) is 17.5 Å². The van der Waals surface area contributed by atoms with Gasteiger partial charge in [0.05, 0.1) is 17.2 Å². The molecule has 4 heteroatoms. The van der Waals surface area contributed by atoms with Crippen molar-refractivity contribution in [2.45, 2.75) is 51.4 Å². The third-order valence-electron chi connectivity index (χ3n) is 3.58. The van der Waals surface area contributed by atoms with Crippen LogP contribution in [0.5, 0.6) is 0 Å². The summed E-state index contributed by atoms with van der Waals surface area (Å²) < 4.78 is 6.14. The maximum Gasteiger partial charge on any atom is 0.0681 e. The fourth-order valence-corrected chi connectivity index (χ4v) is 3.84. The number of hydrogen-bond acceptors (Lipinski definition) is 4. The van der Waals surface area contributed by atoms with Gasteiger partial charge in [-0.05, 0) is 45.6 Å². The Hall–Kier alpha value is -0.420. The number of thiophene rings is 1. The molecule has 0 radical (unpaired) electrons. The van der Waals surface area contributed by atoms with Gasteiger partial charge in [0.15, 0.2) is 0 Å². The topological polar surface area (TPSA) is 47.3 Å². The molecule has 2 rings (SSSR count). The Kier molecular flexibility index (Phi) is 3.34. The molecule has 2 unspecified atom stereocenters. The van der Waals surface area contributed by atoms with E-state index in [0.29, 0.717) is 5.92 Å². The summed E-state index contributed by atoms with van der Waals surface area (Å²) in [5.41, 5.74) is 2.75. The lowest BCUT2D eigenvalue weighted by molar-refractivity contribution is -0.0777. The van der Waals surface area contributed by atoms with E-state index in [0.717, 1.165) is 6.42 Å². The number of nitrogens with two attached hydrogens (primary N) is 1. The van der Waals surface area contributed by atoms with Crippen LogP contribution in [0.1, 0.15) is 45.0 Å². The highest BCUT2D eigenvalue weighted by Crippen LogP contribution is 2.47. The van der Waals surface area contributed by atoms with Crippen molar-refractivity contribution in [1.82, 2.24) is 5.43 Å². The van der Waals surface area contributed by atoms with Crippen molar-refractivity contribution in [2.24, 2.45) is 11.8 Å². The Morgan fingerprint density at radius 3 is 2.59 bits per heavy atom. The first-order valence-electron chi connectivity index (χ1n) is 6.05. The zero-order chi connectivity index (χ0) is 12.7. The highest BCUT2D eigenvalue weighted by atomic mass is 32.1. The lowest BCUT2D eigenvalue weighted by atomic mass is 9.81. The van der Waals surface area contributed by atoms with E-state index in [1.807, 2.05) is 0 Å². The highest BCUT2D eigenvalue weighted by molar-refractivity contribution is 7.10. The minimum atomic E-state index is -0.148. The third-order valence-corrected chi connectivity index (χ3v) is 4.53. The lowest BCUT2D eigenvalue weighted by Crippen LogP contribution is -2.40. The van der Waals surface area contributed by atoms with Crippen molar-refractivity contribution in [1.29, 1.82) is 0 Å². The van der Waals surface area contributed by atoms with Crippen LogP contribution in [0.25, 0.3) is 0 Å². The zero-order valence-electron chi connectivity index (χ0n) is 11.0. The standard InChI is InChI=1S/C13H22N2OS/c1-12(2)8-9(13(3,4)16-12)11(15-14)10-6-5-7-17-10/h5-7,9,11,15H,8,14H2,1-4H3. The van der Waals surface area contributed by atoms with E-state index in [9.17, 15) is 0 Å². The van der Waals surface area contributed by atoms with Gasteiger partial charge in [-0.2, -0.15) is 0 Å². The van der Waals surface area contributed by atoms with Crippen molar-refractivity contribution >= 4 is 11.3 Å². The lowest BCUT2D eigenvalue weighted by Gasteiger charge is -2.32. The summed E-state index contributed by atoms with van der Waals surface area (Å²) in [7, 11) is 0. The van der Waals surface area contributed by atoms with Crippen LogP contribution >= 0.6 is 11.3 Å². The van der Waals surface area contributed by atoms with E-state index >= 15 is 0 Å². The van der Waals surface area contributed by atoms with Gasteiger partial charge in [-0.1, -0.05) is 6.07 Å². The zero-order valence-corrected chi connectivity index (χ0v) is 11.8. The summed E-state index contributed by atoms with van der Waals surface area (Å²) in [6, 6.07) is 4.38. The van der Waals surface area contributed by atoms with Crippen LogP contribution in [0, 0.1) is 5.92 Å². The predicted molar refractivity (Wildman–Crippen MR) is 71.7 cm³/mol. The molecule has 0 aromatic carbocycles. The Morgan fingerprint density at radius 1 is 1.47 bits per heavy atom. The molecule has 0 spiro atoms. The molecule has 0 bridgehead atoms. The molecule has 3 N–H and O–H groups in total. The van der Waals surface area contributed by atoms with Crippen LogP contribution in [0.3, 0.4) is 0 Å². The minimum Gasteiger partial charge on any atom is -0.369 e. The number of rotatable bonds is 3. The summed E-state index contributed by atoms with van der Waals surface area (Å²) in [6.07, 6.45) is 1.02.